The molecule has 0 bridgehead atoms. The van der Waals surface area contributed by atoms with Gasteiger partial charge in [-0.05, 0) is 32.4 Å². The second-order valence-electron chi connectivity index (χ2n) is 9.49. The highest BCUT2D eigenvalue weighted by Gasteiger charge is 2.34. The van der Waals surface area contributed by atoms with Crippen LogP contribution in [0.3, 0.4) is 0 Å². The van der Waals surface area contributed by atoms with Crippen LogP contribution in [0.2, 0.25) is 0 Å². The van der Waals surface area contributed by atoms with E-state index in [2.05, 4.69) is 48.8 Å². The number of rotatable bonds is 10. The summed E-state index contributed by atoms with van der Waals surface area (Å²) in [6.07, 6.45) is 3.85. The van der Waals surface area contributed by atoms with E-state index in [0.717, 1.165) is 66.4 Å². The van der Waals surface area contributed by atoms with Gasteiger partial charge in [0.25, 0.3) is 0 Å². The number of aliphatic hydroxyl groups is 2. The number of piperidine rings is 1. The van der Waals surface area contributed by atoms with Crippen LogP contribution in [0, 0.1) is 5.92 Å². The first-order valence-electron chi connectivity index (χ1n) is 12.0. The highest BCUT2D eigenvalue weighted by Crippen LogP contribution is 2.35. The Hall–Kier alpha value is -1.47. The Bertz CT molecular complexity index is 1190. The summed E-state index contributed by atoms with van der Waals surface area (Å²) < 4.78 is 17.2. The SMILES string of the molecule is C=IC(Oc1cc(-c2cnc(-c3ccccc3)n2C)ccc1CN1CCC[C@H]([C@](C)(O)CO)C1)I=C. The summed E-state index contributed by atoms with van der Waals surface area (Å²) in [6, 6.07) is 16.7. The molecule has 2 atom stereocenters. The number of benzene rings is 2. The average molecular weight is 715 g/mol. The van der Waals surface area contributed by atoms with Crippen molar-refractivity contribution in [1.82, 2.24) is 14.5 Å². The zero-order chi connectivity index (χ0) is 25.7. The number of halogens is 2. The summed E-state index contributed by atoms with van der Waals surface area (Å²) in [7, 11) is 2.05. The van der Waals surface area contributed by atoms with E-state index in [-0.39, 0.29) is 56.1 Å². The topological polar surface area (TPSA) is 70.8 Å². The highest BCUT2D eigenvalue weighted by atomic mass is 127. The fourth-order valence-electron chi connectivity index (χ4n) is 4.76. The molecule has 6 nitrogen and oxygen atoms in total. The van der Waals surface area contributed by atoms with Crippen molar-refractivity contribution >= 4 is 50.5 Å². The van der Waals surface area contributed by atoms with Crippen molar-refractivity contribution in [2.24, 2.45) is 13.0 Å². The predicted octanol–water partition coefficient (Wildman–Crippen LogP) is 5.18. The van der Waals surface area contributed by atoms with Gasteiger partial charge in [0.2, 0.25) is 0 Å². The zero-order valence-electron chi connectivity index (χ0n) is 20.9. The number of aliphatic hydroxyl groups excluding tert-OH is 1. The van der Waals surface area contributed by atoms with Crippen molar-refractivity contribution in [1.29, 1.82) is 0 Å². The second kappa shape index (κ2) is 12.4. The number of ether oxygens (including phenoxy) is 1. The van der Waals surface area contributed by atoms with Crippen LogP contribution < -0.4 is 4.74 Å². The molecule has 8 heteroatoms. The normalized spacial score (nSPS) is 18.3. The molecular weight excluding hydrogens is 680 g/mol. The smallest absolute Gasteiger partial charge is 0.188 e. The Morgan fingerprint density at radius 1 is 1.17 bits per heavy atom. The van der Waals surface area contributed by atoms with Crippen LogP contribution in [0.4, 0.5) is 0 Å². The molecule has 1 saturated heterocycles. The van der Waals surface area contributed by atoms with Crippen LogP contribution >= 0.6 is 41.5 Å². The standard InChI is InChI=1S/C28H35I2N3O3/c1-28(35,19-34)23-11-8-14-33(18-23)17-22-13-12-21(15-25(22)36-27(29-2)30-3)24-16-31-26(32(24)4)20-9-6-5-7-10-20/h5-7,9-10,12-13,15-16,23,27,34-35H,2-3,8,11,14,17-19H2,1,4H3/t23-,28+/m0/s1. The Labute approximate surface area is 233 Å². The molecule has 1 fully saturated rings. The first kappa shape index (κ1) is 27.6. The number of likely N-dealkylation sites (tertiary alicyclic amines) is 1. The van der Waals surface area contributed by atoms with E-state index >= 15 is 0 Å². The fraction of sp³-hybridized carbons (Fsp3) is 0.393. The van der Waals surface area contributed by atoms with Crippen LogP contribution in [0.15, 0.2) is 54.7 Å². The lowest BCUT2D eigenvalue weighted by Crippen LogP contribution is -2.47. The van der Waals surface area contributed by atoms with E-state index in [1.54, 1.807) is 6.92 Å². The van der Waals surface area contributed by atoms with Crippen LogP contribution in [0.5, 0.6) is 5.75 Å². The lowest BCUT2D eigenvalue weighted by atomic mass is 9.83. The third kappa shape index (κ3) is 6.32. The summed E-state index contributed by atoms with van der Waals surface area (Å²) in [6.45, 7) is 3.99. The van der Waals surface area contributed by atoms with Gasteiger partial charge in [-0.3, -0.25) is 4.90 Å². The second-order valence-corrected chi connectivity index (χ2v) is 15.9. The summed E-state index contributed by atoms with van der Waals surface area (Å²) in [4.78, 5) is 7.07. The minimum absolute atomic E-state index is 0.0508. The van der Waals surface area contributed by atoms with Crippen LogP contribution in [0.1, 0.15) is 25.3 Å². The van der Waals surface area contributed by atoms with Gasteiger partial charge in [0.15, 0.2) is 2.12 Å². The highest BCUT2D eigenvalue weighted by molar-refractivity contribution is 14.3. The van der Waals surface area contributed by atoms with E-state index in [1.807, 2.05) is 31.4 Å². The molecule has 1 aromatic heterocycles. The summed E-state index contributed by atoms with van der Waals surface area (Å²) in [5.41, 5.74) is 3.26. The van der Waals surface area contributed by atoms with Gasteiger partial charge in [0, 0.05) is 42.7 Å². The van der Waals surface area contributed by atoms with Gasteiger partial charge >= 0.3 is 0 Å². The zero-order valence-corrected chi connectivity index (χ0v) is 25.2. The monoisotopic (exact) mass is 715 g/mol. The van der Waals surface area contributed by atoms with Gasteiger partial charge in [-0.15, -0.1) is 0 Å². The number of hydrogen-bond acceptors (Lipinski definition) is 5. The van der Waals surface area contributed by atoms with Gasteiger partial charge < -0.3 is 19.5 Å². The van der Waals surface area contributed by atoms with Crippen molar-refractivity contribution in [3.05, 3.63) is 60.3 Å². The van der Waals surface area contributed by atoms with Gasteiger partial charge in [0.1, 0.15) is 11.6 Å². The van der Waals surface area contributed by atoms with Crippen molar-refractivity contribution in [3.8, 4) is 28.4 Å². The number of hydrogen-bond donors (Lipinski definition) is 2. The van der Waals surface area contributed by atoms with Gasteiger partial charge in [0.05, 0.1) is 24.1 Å². The lowest BCUT2D eigenvalue weighted by Gasteiger charge is -2.39. The molecular formula is C28H35I2N3O3. The van der Waals surface area contributed by atoms with E-state index in [4.69, 9.17) is 9.72 Å². The molecule has 2 heterocycles. The summed E-state index contributed by atoms with van der Waals surface area (Å²) >= 11 is -0.639. The minimum atomic E-state index is -1.06. The molecule has 0 spiro atoms. The van der Waals surface area contributed by atoms with Crippen LogP contribution in [-0.2, 0) is 13.6 Å². The summed E-state index contributed by atoms with van der Waals surface area (Å²) in [5.74, 6) is 1.87. The molecule has 2 N–H and O–H groups in total. The van der Waals surface area contributed by atoms with Crippen molar-refractivity contribution in [2.75, 3.05) is 19.7 Å². The lowest BCUT2D eigenvalue weighted by molar-refractivity contribution is -0.0697. The molecule has 1 aliphatic heterocycles. The third-order valence-corrected chi connectivity index (χ3v) is 13.3. The molecule has 36 heavy (non-hydrogen) atoms. The molecule has 4 rings (SSSR count). The van der Waals surface area contributed by atoms with Crippen molar-refractivity contribution in [2.45, 2.75) is 34.0 Å². The first-order chi connectivity index (χ1) is 17.4. The first-order valence-corrected chi connectivity index (χ1v) is 17.6. The van der Waals surface area contributed by atoms with Crippen molar-refractivity contribution < 1.29 is 14.9 Å². The molecule has 0 aliphatic carbocycles. The maximum Gasteiger partial charge on any atom is 0.188 e. The van der Waals surface area contributed by atoms with Crippen LogP contribution in [0.25, 0.3) is 22.6 Å². The largest absolute Gasteiger partial charge is 0.471 e. The Balaban J connectivity index is 1.64. The molecule has 0 amide bonds. The van der Waals surface area contributed by atoms with E-state index < -0.39 is 5.60 Å². The Kier molecular flexibility index (Phi) is 9.48. The number of nitrogens with zero attached hydrogens (tertiary/aromatic N) is 3. The Morgan fingerprint density at radius 3 is 2.61 bits per heavy atom. The maximum atomic E-state index is 10.6. The third-order valence-electron chi connectivity index (χ3n) is 6.94. The molecule has 1 aliphatic rings. The molecule has 194 valence electrons. The molecule has 2 aromatic carbocycles. The average Bonchev–Trinajstić information content (AvgIpc) is 3.29. The van der Waals surface area contributed by atoms with Gasteiger partial charge in [-0.2, -0.15) is 0 Å². The van der Waals surface area contributed by atoms with Gasteiger partial charge in [-0.1, -0.05) is 93.0 Å². The maximum absolute atomic E-state index is 10.6. The molecule has 0 saturated carbocycles. The van der Waals surface area contributed by atoms with E-state index in [9.17, 15) is 10.2 Å². The quantitative estimate of drug-likeness (QED) is 0.224. The number of alkyl halides is 2. The van der Waals surface area contributed by atoms with Crippen LogP contribution in [-0.4, -0.2) is 61.1 Å². The Morgan fingerprint density at radius 2 is 1.92 bits per heavy atom. The molecule has 3 aromatic rings. The molecule has 0 unspecified atom stereocenters. The summed E-state index contributed by atoms with van der Waals surface area (Å²) in [5, 5.41) is 20.3. The minimum Gasteiger partial charge on any atom is -0.471 e. The molecule has 0 radical (unpaired) electrons. The van der Waals surface area contributed by atoms with E-state index in [1.165, 1.54) is 0 Å². The predicted molar refractivity (Wildman–Crippen MR) is 166 cm³/mol. The number of aromatic nitrogens is 2. The number of imidazole rings is 1. The van der Waals surface area contributed by atoms with Gasteiger partial charge in [-0.25, -0.2) is 4.98 Å². The fourth-order valence-corrected chi connectivity index (χ4v) is 7.49. The van der Waals surface area contributed by atoms with Crippen molar-refractivity contribution in [3.63, 3.8) is 0 Å². The van der Waals surface area contributed by atoms with E-state index in [0.29, 0.717) is 0 Å².